The molecule has 1 N–H and O–H groups in total. The molecule has 104 valence electrons. The summed E-state index contributed by atoms with van der Waals surface area (Å²) in [6.07, 6.45) is 6.96. The van der Waals surface area contributed by atoms with Gasteiger partial charge in [-0.25, -0.2) is 13.8 Å². The van der Waals surface area contributed by atoms with Crippen molar-refractivity contribution in [1.29, 1.82) is 5.26 Å². The number of hydrogen-bond acceptors (Lipinski definition) is 3. The number of unbranched alkanes of at least 4 members (excludes halogenated alkanes) is 1. The highest BCUT2D eigenvalue weighted by atomic mass is 19.1. The van der Waals surface area contributed by atoms with Crippen LogP contribution >= 0.6 is 0 Å². The summed E-state index contributed by atoms with van der Waals surface area (Å²) in [5.41, 5.74) is -0.197. The van der Waals surface area contributed by atoms with Gasteiger partial charge in [0.25, 0.3) is 0 Å². The van der Waals surface area contributed by atoms with Gasteiger partial charge in [-0.15, -0.1) is 0 Å². The predicted molar refractivity (Wildman–Crippen MR) is 71.0 cm³/mol. The molecular weight excluding hydrogens is 262 g/mol. The largest absolute Gasteiger partial charge is 0.380 e. The van der Waals surface area contributed by atoms with E-state index in [1.165, 1.54) is 0 Å². The third-order valence-corrected chi connectivity index (χ3v) is 2.88. The molecule has 0 spiro atoms. The SMILES string of the molecule is N#Cc1cc(F)c(NCCCCn2ccnc2)c(F)c1. The number of anilines is 1. The molecule has 0 aliphatic carbocycles. The molecule has 1 heterocycles. The fourth-order valence-electron chi connectivity index (χ4n) is 1.86. The Morgan fingerprint density at radius 3 is 2.60 bits per heavy atom. The molecule has 2 aromatic rings. The third kappa shape index (κ3) is 3.54. The maximum atomic E-state index is 13.6. The molecule has 0 aliphatic rings. The number of halogens is 2. The van der Waals surface area contributed by atoms with E-state index in [-0.39, 0.29) is 11.3 Å². The van der Waals surface area contributed by atoms with Gasteiger partial charge in [-0.2, -0.15) is 5.26 Å². The molecule has 2 rings (SSSR count). The first-order valence-electron chi connectivity index (χ1n) is 6.29. The van der Waals surface area contributed by atoms with Gasteiger partial charge in [-0.05, 0) is 25.0 Å². The third-order valence-electron chi connectivity index (χ3n) is 2.88. The quantitative estimate of drug-likeness (QED) is 0.825. The molecule has 0 saturated carbocycles. The Bertz CT molecular complexity index is 579. The molecule has 1 aromatic carbocycles. The second kappa shape index (κ2) is 6.66. The van der Waals surface area contributed by atoms with E-state index in [1.807, 2.05) is 10.8 Å². The van der Waals surface area contributed by atoms with Gasteiger partial charge < -0.3 is 9.88 Å². The van der Waals surface area contributed by atoms with Gasteiger partial charge >= 0.3 is 0 Å². The zero-order chi connectivity index (χ0) is 14.4. The Morgan fingerprint density at radius 1 is 1.25 bits per heavy atom. The maximum absolute atomic E-state index is 13.6. The summed E-state index contributed by atoms with van der Waals surface area (Å²) in [5, 5.41) is 11.3. The molecule has 6 heteroatoms. The Labute approximate surface area is 115 Å². The maximum Gasteiger partial charge on any atom is 0.150 e. The number of nitriles is 1. The van der Waals surface area contributed by atoms with Gasteiger partial charge in [0.15, 0.2) is 11.6 Å². The van der Waals surface area contributed by atoms with Crippen LogP contribution in [0.4, 0.5) is 14.5 Å². The predicted octanol–water partition coefficient (Wildman–Crippen LogP) is 2.93. The van der Waals surface area contributed by atoms with Crippen LogP contribution in [0.25, 0.3) is 0 Å². The molecule has 20 heavy (non-hydrogen) atoms. The fourth-order valence-corrected chi connectivity index (χ4v) is 1.86. The second-order valence-corrected chi connectivity index (χ2v) is 4.36. The normalized spacial score (nSPS) is 10.2. The molecule has 0 fully saturated rings. The minimum absolute atomic E-state index is 0.0225. The molecule has 0 aliphatic heterocycles. The Kier molecular flexibility index (Phi) is 4.66. The number of nitrogens with one attached hydrogen (secondary N) is 1. The molecule has 0 radical (unpaired) electrons. The molecule has 1 aromatic heterocycles. The van der Waals surface area contributed by atoms with Crippen molar-refractivity contribution in [2.75, 3.05) is 11.9 Å². The summed E-state index contributed by atoms with van der Waals surface area (Å²) >= 11 is 0. The number of benzene rings is 1. The Morgan fingerprint density at radius 2 is 2.00 bits per heavy atom. The van der Waals surface area contributed by atoms with Crippen molar-refractivity contribution in [3.8, 4) is 6.07 Å². The first kappa shape index (κ1) is 14.0. The minimum atomic E-state index is -0.740. The van der Waals surface area contributed by atoms with E-state index in [4.69, 9.17) is 5.26 Å². The summed E-state index contributed by atoms with van der Waals surface area (Å²) in [6, 6.07) is 3.76. The standard InChI is InChI=1S/C14H14F2N4/c15-12-7-11(9-17)8-13(16)14(12)19-3-1-2-5-20-6-4-18-10-20/h4,6-8,10,19H,1-3,5H2. The van der Waals surface area contributed by atoms with Crippen molar-refractivity contribution in [3.63, 3.8) is 0 Å². The van der Waals surface area contributed by atoms with Crippen LogP contribution in [-0.2, 0) is 6.54 Å². The van der Waals surface area contributed by atoms with Gasteiger partial charge in [0.05, 0.1) is 18.0 Å². The number of rotatable bonds is 6. The van der Waals surface area contributed by atoms with E-state index < -0.39 is 11.6 Å². The van der Waals surface area contributed by atoms with Gasteiger partial charge in [-0.1, -0.05) is 0 Å². The minimum Gasteiger partial charge on any atom is -0.380 e. The summed E-state index contributed by atoms with van der Waals surface area (Å²) in [6.45, 7) is 1.29. The Hall–Kier alpha value is -2.42. The average molecular weight is 276 g/mol. The fraction of sp³-hybridized carbons (Fsp3) is 0.286. The van der Waals surface area contributed by atoms with Crippen LogP contribution in [0.2, 0.25) is 0 Å². The van der Waals surface area contributed by atoms with Crippen LogP contribution in [0.3, 0.4) is 0 Å². The van der Waals surface area contributed by atoms with E-state index in [0.717, 1.165) is 31.5 Å². The van der Waals surface area contributed by atoms with Crippen molar-refractivity contribution >= 4 is 5.69 Å². The molecule has 0 bridgehead atoms. The second-order valence-electron chi connectivity index (χ2n) is 4.36. The van der Waals surface area contributed by atoms with E-state index in [2.05, 4.69) is 10.3 Å². The summed E-state index contributed by atoms with van der Waals surface area (Å²) in [4.78, 5) is 3.93. The first-order valence-corrected chi connectivity index (χ1v) is 6.29. The van der Waals surface area contributed by atoms with Gasteiger partial charge in [0.1, 0.15) is 5.69 Å². The van der Waals surface area contributed by atoms with Gasteiger partial charge in [-0.3, -0.25) is 0 Å². The van der Waals surface area contributed by atoms with Crippen LogP contribution in [0, 0.1) is 23.0 Å². The highest BCUT2D eigenvalue weighted by molar-refractivity contribution is 5.50. The van der Waals surface area contributed by atoms with Crippen LogP contribution in [0.1, 0.15) is 18.4 Å². The number of aromatic nitrogens is 2. The van der Waals surface area contributed by atoms with E-state index in [0.29, 0.717) is 6.54 Å². The van der Waals surface area contributed by atoms with E-state index >= 15 is 0 Å². The lowest BCUT2D eigenvalue weighted by Gasteiger charge is -2.09. The lowest BCUT2D eigenvalue weighted by atomic mass is 10.2. The van der Waals surface area contributed by atoms with Crippen molar-refractivity contribution in [1.82, 2.24) is 9.55 Å². The number of nitrogens with zero attached hydrogens (tertiary/aromatic N) is 3. The molecule has 0 amide bonds. The van der Waals surface area contributed by atoms with Crippen LogP contribution in [0.15, 0.2) is 30.9 Å². The Balaban J connectivity index is 1.81. The first-order chi connectivity index (χ1) is 9.70. The van der Waals surface area contributed by atoms with Crippen molar-refractivity contribution in [3.05, 3.63) is 48.1 Å². The average Bonchev–Trinajstić information content (AvgIpc) is 2.94. The van der Waals surface area contributed by atoms with Gasteiger partial charge in [0, 0.05) is 25.5 Å². The smallest absolute Gasteiger partial charge is 0.150 e. The lowest BCUT2D eigenvalue weighted by molar-refractivity contribution is 0.582. The number of aryl methyl sites for hydroxylation is 1. The van der Waals surface area contributed by atoms with E-state index in [9.17, 15) is 8.78 Å². The number of imidazole rings is 1. The summed E-state index contributed by atoms with van der Waals surface area (Å²) < 4.78 is 29.1. The topological polar surface area (TPSA) is 53.6 Å². The van der Waals surface area contributed by atoms with Gasteiger partial charge in [0.2, 0.25) is 0 Å². The molecule has 4 nitrogen and oxygen atoms in total. The molecule has 0 saturated heterocycles. The molecule has 0 unspecified atom stereocenters. The lowest BCUT2D eigenvalue weighted by Crippen LogP contribution is -2.07. The number of hydrogen-bond donors (Lipinski definition) is 1. The van der Waals surface area contributed by atoms with Crippen molar-refractivity contribution in [2.45, 2.75) is 19.4 Å². The molecular formula is C14H14F2N4. The van der Waals surface area contributed by atoms with Crippen LogP contribution < -0.4 is 5.32 Å². The van der Waals surface area contributed by atoms with Crippen molar-refractivity contribution in [2.24, 2.45) is 0 Å². The monoisotopic (exact) mass is 276 g/mol. The van der Waals surface area contributed by atoms with Crippen LogP contribution in [0.5, 0.6) is 0 Å². The highest BCUT2D eigenvalue weighted by Crippen LogP contribution is 2.20. The summed E-state index contributed by atoms with van der Waals surface area (Å²) in [5.74, 6) is -1.48. The van der Waals surface area contributed by atoms with Crippen LogP contribution in [-0.4, -0.2) is 16.1 Å². The highest BCUT2D eigenvalue weighted by Gasteiger charge is 2.10. The summed E-state index contributed by atoms with van der Waals surface area (Å²) in [7, 11) is 0. The molecule has 0 atom stereocenters. The zero-order valence-electron chi connectivity index (χ0n) is 10.8. The zero-order valence-corrected chi connectivity index (χ0v) is 10.8. The van der Waals surface area contributed by atoms with E-state index in [1.54, 1.807) is 18.6 Å². The van der Waals surface area contributed by atoms with Crippen molar-refractivity contribution < 1.29 is 8.78 Å².